The molecule has 1 aliphatic carbocycles. The van der Waals surface area contributed by atoms with Crippen molar-refractivity contribution >= 4 is 0 Å². The molecule has 1 aromatic heterocycles. The highest BCUT2D eigenvalue weighted by Gasteiger charge is 2.32. The van der Waals surface area contributed by atoms with Crippen molar-refractivity contribution in [3.8, 4) is 0 Å². The lowest BCUT2D eigenvalue weighted by Crippen LogP contribution is -2.36. The number of hydrogen-bond donors (Lipinski definition) is 1. The molecule has 1 aliphatic rings. The van der Waals surface area contributed by atoms with Gasteiger partial charge in [0.15, 0.2) is 0 Å². The van der Waals surface area contributed by atoms with E-state index in [9.17, 15) is 5.11 Å². The van der Waals surface area contributed by atoms with Crippen LogP contribution in [0.3, 0.4) is 0 Å². The molecule has 0 spiro atoms. The van der Waals surface area contributed by atoms with E-state index in [1.165, 1.54) is 0 Å². The van der Waals surface area contributed by atoms with Gasteiger partial charge in [0.25, 0.3) is 0 Å². The Labute approximate surface area is 117 Å². The first-order valence-corrected chi connectivity index (χ1v) is 7.82. The summed E-state index contributed by atoms with van der Waals surface area (Å²) in [5.41, 5.74) is 0.531. The monoisotopic (exact) mass is 264 g/mol. The molecule has 1 N–H and O–H groups in total. The number of aromatic nitrogens is 2. The standard InChI is InChI=1S/C16H28N2O/c1-4-15(5-2)18-11-8-14(17-18)12-16(19)9-6-13(3)7-10-16/h8,11,13,15,19H,4-7,9-10,12H2,1-3H3. The number of rotatable bonds is 5. The SMILES string of the molecule is CCC(CC)n1ccc(CC2(O)CCC(C)CC2)n1. The average molecular weight is 264 g/mol. The quantitative estimate of drug-likeness (QED) is 0.880. The molecule has 0 amide bonds. The van der Waals surface area contributed by atoms with E-state index in [0.717, 1.165) is 50.1 Å². The van der Waals surface area contributed by atoms with E-state index in [0.29, 0.717) is 12.5 Å². The molecule has 0 aromatic carbocycles. The van der Waals surface area contributed by atoms with Crippen molar-refractivity contribution in [1.82, 2.24) is 9.78 Å². The molecular formula is C16H28N2O. The maximum Gasteiger partial charge on any atom is 0.0703 e. The Morgan fingerprint density at radius 1 is 1.37 bits per heavy atom. The van der Waals surface area contributed by atoms with Crippen LogP contribution in [0.5, 0.6) is 0 Å². The van der Waals surface area contributed by atoms with E-state index in [4.69, 9.17) is 0 Å². The van der Waals surface area contributed by atoms with Gasteiger partial charge in [-0.25, -0.2) is 0 Å². The van der Waals surface area contributed by atoms with Gasteiger partial charge in [-0.15, -0.1) is 0 Å². The first-order chi connectivity index (χ1) is 9.06. The topological polar surface area (TPSA) is 38.0 Å². The Bertz CT molecular complexity index is 387. The minimum absolute atomic E-state index is 0.495. The molecule has 0 saturated heterocycles. The van der Waals surface area contributed by atoms with Crippen LogP contribution >= 0.6 is 0 Å². The van der Waals surface area contributed by atoms with Crippen molar-refractivity contribution in [2.75, 3.05) is 0 Å². The predicted molar refractivity (Wildman–Crippen MR) is 78.1 cm³/mol. The van der Waals surface area contributed by atoms with Gasteiger partial charge >= 0.3 is 0 Å². The van der Waals surface area contributed by atoms with Gasteiger partial charge in [-0.2, -0.15) is 5.10 Å². The van der Waals surface area contributed by atoms with Crippen LogP contribution < -0.4 is 0 Å². The summed E-state index contributed by atoms with van der Waals surface area (Å²) in [6, 6.07) is 2.57. The predicted octanol–water partition coefficient (Wildman–Crippen LogP) is 3.73. The maximum atomic E-state index is 10.7. The molecule has 19 heavy (non-hydrogen) atoms. The molecule has 3 heteroatoms. The van der Waals surface area contributed by atoms with E-state index >= 15 is 0 Å². The van der Waals surface area contributed by atoms with Crippen molar-refractivity contribution in [3.63, 3.8) is 0 Å². The lowest BCUT2D eigenvalue weighted by Gasteiger charge is -2.34. The van der Waals surface area contributed by atoms with Crippen LogP contribution in [0.15, 0.2) is 12.3 Å². The number of aliphatic hydroxyl groups is 1. The van der Waals surface area contributed by atoms with Crippen molar-refractivity contribution in [2.24, 2.45) is 5.92 Å². The summed E-state index contributed by atoms with van der Waals surface area (Å²) in [6.45, 7) is 6.68. The third-order valence-corrected chi connectivity index (χ3v) is 4.70. The van der Waals surface area contributed by atoms with Crippen LogP contribution in [-0.4, -0.2) is 20.5 Å². The van der Waals surface area contributed by atoms with Gasteiger partial charge in [0, 0.05) is 12.6 Å². The summed E-state index contributed by atoms with van der Waals surface area (Å²) < 4.78 is 2.07. The third-order valence-electron chi connectivity index (χ3n) is 4.70. The van der Waals surface area contributed by atoms with Gasteiger partial charge < -0.3 is 5.11 Å². The van der Waals surface area contributed by atoms with Gasteiger partial charge in [0.05, 0.1) is 17.3 Å². The second-order valence-electron chi connectivity index (χ2n) is 6.34. The van der Waals surface area contributed by atoms with Crippen molar-refractivity contribution in [2.45, 2.75) is 77.4 Å². The van der Waals surface area contributed by atoms with Crippen LogP contribution in [0, 0.1) is 5.92 Å². The fraction of sp³-hybridized carbons (Fsp3) is 0.812. The summed E-state index contributed by atoms with van der Waals surface area (Å²) in [4.78, 5) is 0. The van der Waals surface area contributed by atoms with Crippen LogP contribution in [0.2, 0.25) is 0 Å². The second-order valence-corrected chi connectivity index (χ2v) is 6.34. The average Bonchev–Trinajstić information content (AvgIpc) is 2.83. The summed E-state index contributed by atoms with van der Waals surface area (Å²) >= 11 is 0. The smallest absolute Gasteiger partial charge is 0.0703 e. The van der Waals surface area contributed by atoms with E-state index < -0.39 is 5.60 Å². The van der Waals surface area contributed by atoms with Gasteiger partial charge in [-0.05, 0) is 50.5 Å². The minimum atomic E-state index is -0.514. The van der Waals surface area contributed by atoms with E-state index in [1.807, 2.05) is 0 Å². The summed E-state index contributed by atoms with van der Waals surface area (Å²) in [5, 5.41) is 15.3. The number of hydrogen-bond acceptors (Lipinski definition) is 2. The molecule has 3 nitrogen and oxygen atoms in total. The zero-order valence-corrected chi connectivity index (χ0v) is 12.6. The normalized spacial score (nSPS) is 27.9. The Morgan fingerprint density at radius 3 is 2.58 bits per heavy atom. The summed E-state index contributed by atoms with van der Waals surface area (Å²) in [6.07, 6.45) is 9.14. The van der Waals surface area contributed by atoms with E-state index in [2.05, 4.69) is 42.8 Å². The highest BCUT2D eigenvalue weighted by Crippen LogP contribution is 2.34. The molecule has 1 aromatic rings. The first-order valence-electron chi connectivity index (χ1n) is 7.82. The van der Waals surface area contributed by atoms with Crippen molar-refractivity contribution < 1.29 is 5.11 Å². The molecule has 2 rings (SSSR count). The van der Waals surface area contributed by atoms with E-state index in [1.54, 1.807) is 0 Å². The molecule has 0 aliphatic heterocycles. The molecular weight excluding hydrogens is 236 g/mol. The minimum Gasteiger partial charge on any atom is -0.389 e. The zero-order valence-electron chi connectivity index (χ0n) is 12.6. The third kappa shape index (κ3) is 3.59. The van der Waals surface area contributed by atoms with Crippen LogP contribution in [0.1, 0.15) is 71.0 Å². The van der Waals surface area contributed by atoms with E-state index in [-0.39, 0.29) is 0 Å². The number of nitrogens with zero attached hydrogens (tertiary/aromatic N) is 2. The summed E-state index contributed by atoms with van der Waals surface area (Å²) in [5.74, 6) is 0.766. The van der Waals surface area contributed by atoms with Gasteiger partial charge in [0.1, 0.15) is 0 Å². The molecule has 0 atom stereocenters. The summed E-state index contributed by atoms with van der Waals surface area (Å²) in [7, 11) is 0. The molecule has 0 radical (unpaired) electrons. The Balaban J connectivity index is 1.99. The van der Waals surface area contributed by atoms with Crippen molar-refractivity contribution in [3.05, 3.63) is 18.0 Å². The zero-order chi connectivity index (χ0) is 13.9. The molecule has 1 heterocycles. The second kappa shape index (κ2) is 6.08. The molecule has 0 unspecified atom stereocenters. The highest BCUT2D eigenvalue weighted by molar-refractivity contribution is 5.05. The fourth-order valence-electron chi connectivity index (χ4n) is 3.15. The lowest BCUT2D eigenvalue weighted by molar-refractivity contribution is -0.00758. The van der Waals surface area contributed by atoms with Crippen LogP contribution in [-0.2, 0) is 6.42 Å². The Morgan fingerprint density at radius 2 is 2.00 bits per heavy atom. The molecule has 1 saturated carbocycles. The molecule has 0 bridgehead atoms. The van der Waals surface area contributed by atoms with Gasteiger partial charge in [-0.1, -0.05) is 20.8 Å². The highest BCUT2D eigenvalue weighted by atomic mass is 16.3. The van der Waals surface area contributed by atoms with Gasteiger partial charge in [-0.3, -0.25) is 4.68 Å². The van der Waals surface area contributed by atoms with Crippen molar-refractivity contribution in [1.29, 1.82) is 0 Å². The first kappa shape index (κ1) is 14.6. The van der Waals surface area contributed by atoms with Crippen LogP contribution in [0.4, 0.5) is 0 Å². The molecule has 1 fully saturated rings. The Kier molecular flexibility index (Phi) is 4.67. The van der Waals surface area contributed by atoms with Crippen LogP contribution in [0.25, 0.3) is 0 Å². The lowest BCUT2D eigenvalue weighted by atomic mass is 9.77. The molecule has 108 valence electrons. The van der Waals surface area contributed by atoms with Gasteiger partial charge in [0.2, 0.25) is 0 Å². The largest absolute Gasteiger partial charge is 0.389 e. The maximum absolute atomic E-state index is 10.7. The fourth-order valence-corrected chi connectivity index (χ4v) is 3.15. The Hall–Kier alpha value is -0.830.